The molecule has 1 aliphatic rings. The van der Waals surface area contributed by atoms with Gasteiger partial charge in [0.15, 0.2) is 5.82 Å². The Kier molecular flexibility index (Phi) is 4.54. The van der Waals surface area contributed by atoms with Crippen LogP contribution in [0.5, 0.6) is 0 Å². The number of fused-ring (bicyclic) bond motifs is 1. The molecule has 0 spiro atoms. The van der Waals surface area contributed by atoms with Crippen molar-refractivity contribution in [2.45, 2.75) is 38.1 Å². The molecule has 1 fully saturated rings. The first-order valence-electron chi connectivity index (χ1n) is 10.2. The number of aryl methyl sites for hydroxylation is 1. The first kappa shape index (κ1) is 18.5. The number of para-hydroxylation sites is 1. The Bertz CT molecular complexity index is 1210. The highest BCUT2D eigenvalue weighted by Gasteiger charge is 2.41. The van der Waals surface area contributed by atoms with Crippen LogP contribution in [0.25, 0.3) is 22.2 Å². The molecule has 0 saturated heterocycles. The third-order valence-electron chi connectivity index (χ3n) is 5.80. The van der Waals surface area contributed by atoms with Gasteiger partial charge in [-0.1, -0.05) is 66.5 Å². The zero-order valence-corrected chi connectivity index (χ0v) is 16.8. The summed E-state index contributed by atoms with van der Waals surface area (Å²) >= 11 is 0. The normalized spacial score (nSPS) is 15.4. The first-order valence-corrected chi connectivity index (χ1v) is 10.2. The molecule has 0 aliphatic heterocycles. The minimum atomic E-state index is -0.591. The number of pyridine rings is 1. The van der Waals surface area contributed by atoms with Gasteiger partial charge in [0.2, 0.25) is 5.89 Å². The van der Waals surface area contributed by atoms with Crippen LogP contribution in [-0.2, 0) is 5.54 Å². The number of benzene rings is 2. The zero-order valence-electron chi connectivity index (χ0n) is 16.8. The topological polar surface area (TPSA) is 80.9 Å². The predicted octanol–water partition coefficient (Wildman–Crippen LogP) is 4.79. The number of rotatable bonds is 4. The van der Waals surface area contributed by atoms with E-state index in [0.29, 0.717) is 17.3 Å². The van der Waals surface area contributed by atoms with Gasteiger partial charge in [-0.3, -0.25) is 4.79 Å². The number of amides is 1. The lowest BCUT2D eigenvalue weighted by Gasteiger charge is -2.27. The smallest absolute Gasteiger partial charge is 0.252 e. The molecule has 30 heavy (non-hydrogen) atoms. The van der Waals surface area contributed by atoms with Crippen LogP contribution < -0.4 is 5.32 Å². The molecule has 5 rings (SSSR count). The molecule has 1 aliphatic carbocycles. The summed E-state index contributed by atoms with van der Waals surface area (Å²) in [5, 5.41) is 8.21. The third kappa shape index (κ3) is 3.24. The average Bonchev–Trinajstić information content (AvgIpc) is 3.43. The molecular weight excluding hydrogens is 376 g/mol. The van der Waals surface area contributed by atoms with E-state index in [9.17, 15) is 4.79 Å². The standard InChI is InChI=1S/C24H22N4O2/c1-16-25-23(28-30-16)24(13-7-8-14-24)27-22(29)19-15-21(17-9-3-2-4-10-17)26-20-12-6-5-11-18(19)20/h2-6,9-12,15H,7-8,13-14H2,1H3,(H,27,29). The van der Waals surface area contributed by atoms with E-state index < -0.39 is 5.54 Å². The molecule has 2 aromatic carbocycles. The van der Waals surface area contributed by atoms with Crippen LogP contribution in [0.4, 0.5) is 0 Å². The lowest BCUT2D eigenvalue weighted by atomic mass is 9.95. The van der Waals surface area contributed by atoms with Crippen molar-refractivity contribution in [2.75, 3.05) is 0 Å². The third-order valence-corrected chi connectivity index (χ3v) is 5.80. The van der Waals surface area contributed by atoms with Crippen LogP contribution in [0.1, 0.15) is 47.8 Å². The van der Waals surface area contributed by atoms with Crippen molar-refractivity contribution in [3.63, 3.8) is 0 Å². The number of nitrogens with zero attached hydrogens (tertiary/aromatic N) is 3. The summed E-state index contributed by atoms with van der Waals surface area (Å²) in [6.07, 6.45) is 3.62. The average molecular weight is 398 g/mol. The van der Waals surface area contributed by atoms with E-state index in [2.05, 4.69) is 15.5 Å². The summed E-state index contributed by atoms with van der Waals surface area (Å²) in [6, 6.07) is 19.5. The maximum atomic E-state index is 13.6. The summed E-state index contributed by atoms with van der Waals surface area (Å²) in [5.74, 6) is 0.925. The quantitative estimate of drug-likeness (QED) is 0.534. The second-order valence-electron chi connectivity index (χ2n) is 7.82. The van der Waals surface area contributed by atoms with E-state index in [1.165, 1.54) is 0 Å². The van der Waals surface area contributed by atoms with Crippen LogP contribution in [0.3, 0.4) is 0 Å². The van der Waals surface area contributed by atoms with Gasteiger partial charge in [0.25, 0.3) is 5.91 Å². The van der Waals surface area contributed by atoms with Crippen molar-refractivity contribution < 1.29 is 9.32 Å². The van der Waals surface area contributed by atoms with Gasteiger partial charge in [0.1, 0.15) is 5.54 Å². The van der Waals surface area contributed by atoms with Gasteiger partial charge in [-0.25, -0.2) is 4.98 Å². The number of nitrogens with one attached hydrogen (secondary N) is 1. The number of carbonyl (C=O) groups excluding carboxylic acids is 1. The van der Waals surface area contributed by atoms with Crippen molar-refractivity contribution in [3.05, 3.63) is 77.9 Å². The first-order chi connectivity index (χ1) is 14.6. The van der Waals surface area contributed by atoms with Crippen LogP contribution in [0.2, 0.25) is 0 Å². The molecule has 1 amide bonds. The molecule has 0 atom stereocenters. The van der Waals surface area contributed by atoms with Crippen molar-refractivity contribution >= 4 is 16.8 Å². The Balaban J connectivity index is 1.59. The molecule has 1 N–H and O–H groups in total. The van der Waals surface area contributed by atoms with Crippen molar-refractivity contribution in [3.8, 4) is 11.3 Å². The minimum absolute atomic E-state index is 0.143. The highest BCUT2D eigenvalue weighted by atomic mass is 16.5. The number of aromatic nitrogens is 3. The fourth-order valence-corrected chi connectivity index (χ4v) is 4.28. The second kappa shape index (κ2) is 7.37. The Morgan fingerprint density at radius 2 is 1.73 bits per heavy atom. The Hall–Kier alpha value is -3.54. The van der Waals surface area contributed by atoms with Gasteiger partial charge in [-0.05, 0) is 25.0 Å². The number of hydrogen-bond donors (Lipinski definition) is 1. The van der Waals surface area contributed by atoms with Crippen molar-refractivity contribution in [2.24, 2.45) is 0 Å². The van der Waals surface area contributed by atoms with Gasteiger partial charge >= 0.3 is 0 Å². The van der Waals surface area contributed by atoms with Crippen LogP contribution in [-0.4, -0.2) is 21.0 Å². The lowest BCUT2D eigenvalue weighted by molar-refractivity contribution is 0.0893. The van der Waals surface area contributed by atoms with Gasteiger partial charge in [0.05, 0.1) is 16.8 Å². The van der Waals surface area contributed by atoms with E-state index in [1.807, 2.05) is 60.7 Å². The molecule has 6 heteroatoms. The fraction of sp³-hybridized carbons (Fsp3) is 0.250. The van der Waals surface area contributed by atoms with Crippen LogP contribution in [0.15, 0.2) is 65.2 Å². The maximum absolute atomic E-state index is 13.6. The van der Waals surface area contributed by atoms with Gasteiger partial charge < -0.3 is 9.84 Å². The monoisotopic (exact) mass is 398 g/mol. The van der Waals surface area contributed by atoms with Crippen molar-refractivity contribution in [1.82, 2.24) is 20.4 Å². The minimum Gasteiger partial charge on any atom is -0.340 e. The van der Waals surface area contributed by atoms with Crippen LogP contribution >= 0.6 is 0 Å². The Morgan fingerprint density at radius 3 is 2.47 bits per heavy atom. The number of carbonyl (C=O) groups is 1. The number of hydrogen-bond acceptors (Lipinski definition) is 5. The van der Waals surface area contributed by atoms with Gasteiger partial charge in [-0.15, -0.1) is 0 Å². The summed E-state index contributed by atoms with van der Waals surface area (Å²) in [6.45, 7) is 1.77. The molecule has 150 valence electrons. The van der Waals surface area contributed by atoms with Gasteiger partial charge in [0, 0.05) is 17.9 Å². The Labute approximate surface area is 174 Å². The molecule has 0 radical (unpaired) electrons. The fourth-order valence-electron chi connectivity index (χ4n) is 4.28. The molecule has 2 heterocycles. The Morgan fingerprint density at radius 1 is 1.00 bits per heavy atom. The largest absolute Gasteiger partial charge is 0.340 e. The zero-order chi connectivity index (χ0) is 20.6. The van der Waals surface area contributed by atoms with E-state index >= 15 is 0 Å². The highest BCUT2D eigenvalue weighted by molar-refractivity contribution is 6.07. The summed E-state index contributed by atoms with van der Waals surface area (Å²) in [5.41, 5.74) is 2.55. The molecule has 2 aromatic heterocycles. The van der Waals surface area contributed by atoms with E-state index in [-0.39, 0.29) is 5.91 Å². The molecule has 6 nitrogen and oxygen atoms in total. The maximum Gasteiger partial charge on any atom is 0.252 e. The summed E-state index contributed by atoms with van der Waals surface area (Å²) < 4.78 is 5.21. The molecular formula is C24H22N4O2. The predicted molar refractivity (Wildman–Crippen MR) is 114 cm³/mol. The lowest BCUT2D eigenvalue weighted by Crippen LogP contribution is -2.44. The highest BCUT2D eigenvalue weighted by Crippen LogP contribution is 2.38. The molecule has 1 saturated carbocycles. The van der Waals surface area contributed by atoms with Crippen LogP contribution in [0, 0.1) is 6.92 Å². The van der Waals surface area contributed by atoms with Crippen molar-refractivity contribution in [1.29, 1.82) is 0 Å². The summed E-state index contributed by atoms with van der Waals surface area (Å²) in [4.78, 5) is 22.8. The van der Waals surface area contributed by atoms with E-state index in [0.717, 1.165) is 47.8 Å². The molecule has 0 bridgehead atoms. The van der Waals surface area contributed by atoms with Gasteiger partial charge in [-0.2, -0.15) is 4.98 Å². The van der Waals surface area contributed by atoms with E-state index in [4.69, 9.17) is 9.51 Å². The second-order valence-corrected chi connectivity index (χ2v) is 7.82. The molecule has 4 aromatic rings. The summed E-state index contributed by atoms with van der Waals surface area (Å²) in [7, 11) is 0. The molecule has 0 unspecified atom stereocenters. The van der Waals surface area contributed by atoms with E-state index in [1.54, 1.807) is 6.92 Å². The SMILES string of the molecule is Cc1nc(C2(NC(=O)c3cc(-c4ccccc4)nc4ccccc34)CCCC2)no1.